The predicted molar refractivity (Wildman–Crippen MR) is 117 cm³/mol. The topological polar surface area (TPSA) is 59.8 Å². The summed E-state index contributed by atoms with van der Waals surface area (Å²) >= 11 is 9.33. The number of rotatable bonds is 4. The first kappa shape index (κ1) is 19.0. The maximum Gasteiger partial charge on any atom is 0.257 e. The molecule has 0 aliphatic heterocycles. The molecule has 0 spiro atoms. The molecule has 0 fully saturated rings. The molecular formula is C20H17ClN4OS2. The first-order valence-electron chi connectivity index (χ1n) is 8.55. The summed E-state index contributed by atoms with van der Waals surface area (Å²) in [5.41, 5.74) is 3.31. The number of benzene rings is 2. The molecule has 0 saturated carbocycles. The fourth-order valence-electron chi connectivity index (χ4n) is 2.93. The summed E-state index contributed by atoms with van der Waals surface area (Å²) in [4.78, 5) is 18.5. The van der Waals surface area contributed by atoms with Crippen LogP contribution < -0.4 is 5.32 Å². The molecule has 4 rings (SSSR count). The number of carbonyl (C=O) groups is 1. The van der Waals surface area contributed by atoms with Gasteiger partial charge in [0.2, 0.25) is 5.13 Å². The van der Waals surface area contributed by atoms with Crippen molar-refractivity contribution < 1.29 is 4.79 Å². The van der Waals surface area contributed by atoms with Gasteiger partial charge < -0.3 is 5.32 Å². The molecule has 5 nitrogen and oxygen atoms in total. The van der Waals surface area contributed by atoms with E-state index in [0.29, 0.717) is 21.5 Å². The minimum absolute atomic E-state index is 0.179. The van der Waals surface area contributed by atoms with E-state index < -0.39 is 0 Å². The smallest absolute Gasteiger partial charge is 0.257 e. The van der Waals surface area contributed by atoms with Gasteiger partial charge in [-0.3, -0.25) is 4.79 Å². The van der Waals surface area contributed by atoms with Crippen molar-refractivity contribution in [2.75, 3.05) is 11.6 Å². The van der Waals surface area contributed by atoms with E-state index in [1.807, 2.05) is 62.6 Å². The Labute approximate surface area is 175 Å². The van der Waals surface area contributed by atoms with Crippen molar-refractivity contribution in [1.82, 2.24) is 14.8 Å². The number of hydrogen-bond acceptors (Lipinski definition) is 5. The van der Waals surface area contributed by atoms with Crippen LogP contribution in [-0.2, 0) is 0 Å². The zero-order chi connectivity index (χ0) is 19.8. The highest BCUT2D eigenvalue weighted by Gasteiger charge is 2.18. The van der Waals surface area contributed by atoms with Crippen LogP contribution in [0.5, 0.6) is 0 Å². The van der Waals surface area contributed by atoms with Crippen LogP contribution in [0.25, 0.3) is 15.3 Å². The van der Waals surface area contributed by atoms with Gasteiger partial charge in [0.05, 0.1) is 26.5 Å². The van der Waals surface area contributed by atoms with Gasteiger partial charge in [0.15, 0.2) is 0 Å². The zero-order valence-electron chi connectivity index (χ0n) is 15.5. The molecule has 142 valence electrons. The van der Waals surface area contributed by atoms with E-state index in [2.05, 4.69) is 10.4 Å². The normalized spacial score (nSPS) is 11.1. The van der Waals surface area contributed by atoms with Crippen LogP contribution in [-0.4, -0.2) is 26.9 Å². The van der Waals surface area contributed by atoms with Crippen molar-refractivity contribution in [1.29, 1.82) is 0 Å². The Kier molecular flexibility index (Phi) is 5.14. The highest BCUT2D eigenvalue weighted by Crippen LogP contribution is 2.34. The van der Waals surface area contributed by atoms with E-state index in [0.717, 1.165) is 26.4 Å². The second kappa shape index (κ2) is 7.58. The number of carbonyl (C=O) groups excluding carboxylic acids is 1. The largest absolute Gasteiger partial charge is 0.306 e. The highest BCUT2D eigenvalue weighted by molar-refractivity contribution is 7.98. The summed E-state index contributed by atoms with van der Waals surface area (Å²) < 4.78 is 2.57. The number of thioether (sulfide) groups is 1. The molecule has 1 amide bonds. The molecule has 0 aliphatic rings. The second-order valence-electron chi connectivity index (χ2n) is 6.28. The van der Waals surface area contributed by atoms with Gasteiger partial charge in [-0.15, -0.1) is 11.8 Å². The van der Waals surface area contributed by atoms with E-state index in [4.69, 9.17) is 16.6 Å². The Bertz CT molecular complexity index is 1160. The molecule has 0 saturated heterocycles. The number of halogens is 1. The zero-order valence-corrected chi connectivity index (χ0v) is 17.9. The summed E-state index contributed by atoms with van der Waals surface area (Å²) in [6.45, 7) is 3.88. The SMILES string of the molecule is CSc1ccccc1C(=O)Nc1cc(C)nn1-c1nc2c(C)ccc(Cl)c2s1. The van der Waals surface area contributed by atoms with Crippen molar-refractivity contribution in [2.24, 2.45) is 0 Å². The standard InChI is InChI=1S/C20H17ClN4OS2/c1-11-8-9-14(21)18-17(11)23-20(28-18)25-16(10-12(2)24-25)22-19(26)13-6-4-5-7-15(13)27-3/h4-10H,1-3H3,(H,22,26). The first-order chi connectivity index (χ1) is 13.5. The molecule has 2 aromatic carbocycles. The number of amides is 1. The maximum absolute atomic E-state index is 12.9. The highest BCUT2D eigenvalue weighted by atomic mass is 35.5. The summed E-state index contributed by atoms with van der Waals surface area (Å²) in [6.07, 6.45) is 1.95. The molecule has 2 aromatic heterocycles. The lowest BCUT2D eigenvalue weighted by molar-refractivity contribution is 0.102. The fourth-order valence-corrected chi connectivity index (χ4v) is 4.81. The third-order valence-corrected chi connectivity index (χ3v) is 6.58. The molecule has 1 N–H and O–H groups in total. The van der Waals surface area contributed by atoms with E-state index in [1.54, 1.807) is 4.68 Å². The van der Waals surface area contributed by atoms with Gasteiger partial charge >= 0.3 is 0 Å². The van der Waals surface area contributed by atoms with E-state index in [1.165, 1.54) is 23.1 Å². The molecule has 0 atom stereocenters. The van der Waals surface area contributed by atoms with Gasteiger partial charge in [-0.05, 0) is 43.9 Å². The Hall–Kier alpha value is -2.35. The molecule has 8 heteroatoms. The molecule has 28 heavy (non-hydrogen) atoms. The summed E-state index contributed by atoms with van der Waals surface area (Å²) in [5, 5.41) is 8.82. The number of aromatic nitrogens is 3. The van der Waals surface area contributed by atoms with Gasteiger partial charge in [0.1, 0.15) is 5.82 Å². The van der Waals surface area contributed by atoms with Crippen LogP contribution in [0.1, 0.15) is 21.6 Å². The van der Waals surface area contributed by atoms with Gasteiger partial charge in [-0.1, -0.05) is 41.1 Å². The number of fused-ring (bicyclic) bond motifs is 1. The molecule has 4 aromatic rings. The Balaban J connectivity index is 1.75. The summed E-state index contributed by atoms with van der Waals surface area (Å²) in [7, 11) is 0. The third kappa shape index (κ3) is 3.41. The predicted octanol–water partition coefficient (Wildman–Crippen LogP) is 5.73. The third-order valence-electron chi connectivity index (χ3n) is 4.29. The summed E-state index contributed by atoms with van der Waals surface area (Å²) in [6, 6.07) is 13.2. The number of hydrogen-bond donors (Lipinski definition) is 1. The van der Waals surface area contributed by atoms with Gasteiger partial charge in [0.25, 0.3) is 5.91 Å². The Morgan fingerprint density at radius 1 is 1.21 bits per heavy atom. The minimum Gasteiger partial charge on any atom is -0.306 e. The molecule has 0 unspecified atom stereocenters. The van der Waals surface area contributed by atoms with Gasteiger partial charge in [-0.2, -0.15) is 9.78 Å². The van der Waals surface area contributed by atoms with Gasteiger partial charge in [-0.25, -0.2) is 4.98 Å². The number of anilines is 1. The van der Waals surface area contributed by atoms with Crippen molar-refractivity contribution >= 4 is 56.6 Å². The number of nitrogens with zero attached hydrogens (tertiary/aromatic N) is 3. The minimum atomic E-state index is -0.179. The number of thiazole rings is 1. The molecule has 0 aliphatic carbocycles. The lowest BCUT2D eigenvalue weighted by atomic mass is 10.2. The van der Waals surface area contributed by atoms with Crippen molar-refractivity contribution in [3.8, 4) is 5.13 Å². The van der Waals surface area contributed by atoms with Crippen LogP contribution in [0.2, 0.25) is 5.02 Å². The number of aryl methyl sites for hydroxylation is 2. The Morgan fingerprint density at radius 2 is 2.00 bits per heavy atom. The Morgan fingerprint density at radius 3 is 2.75 bits per heavy atom. The fraction of sp³-hybridized carbons (Fsp3) is 0.150. The number of nitrogens with one attached hydrogen (secondary N) is 1. The van der Waals surface area contributed by atoms with Gasteiger partial charge in [0, 0.05) is 11.0 Å². The first-order valence-corrected chi connectivity index (χ1v) is 11.0. The van der Waals surface area contributed by atoms with Crippen LogP contribution >= 0.6 is 34.7 Å². The van der Waals surface area contributed by atoms with Crippen molar-refractivity contribution in [3.05, 3.63) is 64.3 Å². The summed E-state index contributed by atoms with van der Waals surface area (Å²) in [5.74, 6) is 0.396. The lowest BCUT2D eigenvalue weighted by Crippen LogP contribution is -2.15. The average molecular weight is 429 g/mol. The molecule has 2 heterocycles. The molecular weight excluding hydrogens is 412 g/mol. The molecule has 0 radical (unpaired) electrons. The second-order valence-corrected chi connectivity index (χ2v) is 8.51. The van der Waals surface area contributed by atoms with Crippen LogP contribution in [0, 0.1) is 13.8 Å². The van der Waals surface area contributed by atoms with E-state index >= 15 is 0 Å². The van der Waals surface area contributed by atoms with E-state index in [9.17, 15) is 4.79 Å². The van der Waals surface area contributed by atoms with Crippen molar-refractivity contribution in [2.45, 2.75) is 18.7 Å². The molecule has 0 bridgehead atoms. The van der Waals surface area contributed by atoms with Crippen LogP contribution in [0.15, 0.2) is 47.4 Å². The monoisotopic (exact) mass is 428 g/mol. The quantitative estimate of drug-likeness (QED) is 0.422. The van der Waals surface area contributed by atoms with Crippen molar-refractivity contribution in [3.63, 3.8) is 0 Å². The maximum atomic E-state index is 12.9. The van der Waals surface area contributed by atoms with E-state index in [-0.39, 0.29) is 5.91 Å². The van der Waals surface area contributed by atoms with Crippen LogP contribution in [0.3, 0.4) is 0 Å². The van der Waals surface area contributed by atoms with Crippen LogP contribution in [0.4, 0.5) is 5.82 Å². The lowest BCUT2D eigenvalue weighted by Gasteiger charge is -2.09. The average Bonchev–Trinajstić information content (AvgIpc) is 3.29.